The summed E-state index contributed by atoms with van der Waals surface area (Å²) in [4.78, 5) is 46.6. The van der Waals surface area contributed by atoms with Crippen LogP contribution in [-0.4, -0.2) is 88.8 Å². The Balaban J connectivity index is 1.89. The van der Waals surface area contributed by atoms with Crippen LogP contribution in [0.3, 0.4) is 0 Å². The molecule has 0 saturated carbocycles. The van der Waals surface area contributed by atoms with Crippen molar-refractivity contribution in [3.05, 3.63) is 16.9 Å². The Labute approximate surface area is 200 Å². The van der Waals surface area contributed by atoms with E-state index in [4.69, 9.17) is 16.3 Å². The van der Waals surface area contributed by atoms with Gasteiger partial charge < -0.3 is 26.7 Å². The van der Waals surface area contributed by atoms with Gasteiger partial charge in [0.15, 0.2) is 16.7 Å². The molecule has 2 aromatic heterocycles. The van der Waals surface area contributed by atoms with Gasteiger partial charge in [-0.2, -0.15) is 13.2 Å². The molecule has 3 heterocycles. The van der Waals surface area contributed by atoms with Crippen molar-refractivity contribution < 1.29 is 37.3 Å². The molecule has 190 valence electrons. The minimum absolute atomic E-state index is 0.0566. The molecule has 0 aliphatic carbocycles. The number of oxime groups is 1. The zero-order valence-corrected chi connectivity index (χ0v) is 19.7. The molecule has 0 bridgehead atoms. The van der Waals surface area contributed by atoms with Gasteiger partial charge in [0.05, 0.1) is 13.1 Å². The number of hydrogen-bond donors (Lipinski definition) is 5. The normalized spacial score (nSPS) is 18.8. The van der Waals surface area contributed by atoms with Crippen LogP contribution in [0.5, 0.6) is 0 Å². The first-order chi connectivity index (χ1) is 16.2. The number of nitrogen functional groups attached to an aromatic ring is 1. The van der Waals surface area contributed by atoms with Crippen LogP contribution in [0.4, 0.5) is 5.13 Å². The van der Waals surface area contributed by atoms with E-state index in [9.17, 15) is 32.5 Å². The third kappa shape index (κ3) is 5.50. The second-order valence-corrected chi connectivity index (χ2v) is 9.69. The number of nitrogens with zero attached hydrogens (tertiary/aromatic N) is 7. The number of tetrazole rings is 1. The average Bonchev–Trinajstić information content (AvgIpc) is 3.39. The molecular formula is C15H20N10O8S2. The number of thiazole rings is 1. The lowest BCUT2D eigenvalue weighted by Crippen LogP contribution is -2.73. The number of amides is 2. The number of carbonyl (C=O) groups is 3. The fourth-order valence-electron chi connectivity index (χ4n) is 2.75. The van der Waals surface area contributed by atoms with E-state index in [2.05, 4.69) is 30.9 Å². The molecule has 2 aromatic rings. The standard InChI is InChI=1S/C15H20N10O8S2/c1-15(2,13(28)29)33-22-9(6-5-34-14(17)18-6)11(26)19-10-7(25(12(10)27)35(30,31)32)4-24-21-8(3-16)20-23-24/h5,7,10H,3-4,16H2,1-2H3,(H2,17,18)(H,19,26)(H,28,29)(H,30,31,32)/t7-,10+/m1/s1. The van der Waals surface area contributed by atoms with Crippen LogP contribution in [0.1, 0.15) is 25.4 Å². The zero-order valence-electron chi connectivity index (χ0n) is 18.1. The number of carboxylic acid groups (broad SMARTS) is 1. The highest BCUT2D eigenvalue weighted by molar-refractivity contribution is 7.84. The Morgan fingerprint density at radius 3 is 2.60 bits per heavy atom. The predicted molar refractivity (Wildman–Crippen MR) is 116 cm³/mol. The van der Waals surface area contributed by atoms with Gasteiger partial charge in [0.2, 0.25) is 5.60 Å². The Morgan fingerprint density at radius 2 is 2.09 bits per heavy atom. The lowest BCUT2D eigenvalue weighted by Gasteiger charge is -2.43. The first-order valence-corrected chi connectivity index (χ1v) is 11.8. The number of aromatic nitrogens is 5. The largest absolute Gasteiger partial charge is 0.478 e. The molecule has 1 aliphatic rings. The summed E-state index contributed by atoms with van der Waals surface area (Å²) in [7, 11) is -4.99. The van der Waals surface area contributed by atoms with E-state index in [1.165, 1.54) is 19.2 Å². The molecule has 0 unspecified atom stereocenters. The van der Waals surface area contributed by atoms with Gasteiger partial charge in [0.1, 0.15) is 17.8 Å². The van der Waals surface area contributed by atoms with Gasteiger partial charge in [0, 0.05) is 5.38 Å². The van der Waals surface area contributed by atoms with Crippen molar-refractivity contribution in [2.75, 3.05) is 5.73 Å². The number of rotatable bonds is 10. The van der Waals surface area contributed by atoms with Crippen LogP contribution < -0.4 is 16.8 Å². The molecule has 2 amide bonds. The minimum Gasteiger partial charge on any atom is -0.478 e. The van der Waals surface area contributed by atoms with Crippen LogP contribution in [0.2, 0.25) is 0 Å². The van der Waals surface area contributed by atoms with E-state index < -0.39 is 51.5 Å². The Kier molecular flexibility index (Phi) is 7.01. The van der Waals surface area contributed by atoms with Gasteiger partial charge >= 0.3 is 16.3 Å². The maximum atomic E-state index is 13.0. The van der Waals surface area contributed by atoms with Crippen LogP contribution in [0.25, 0.3) is 0 Å². The molecule has 20 heteroatoms. The van der Waals surface area contributed by atoms with E-state index in [1.807, 2.05) is 0 Å². The number of nitrogens with two attached hydrogens (primary N) is 2. The lowest BCUT2D eigenvalue weighted by molar-refractivity contribution is -0.161. The van der Waals surface area contributed by atoms with Crippen molar-refractivity contribution in [3.8, 4) is 0 Å². The predicted octanol–water partition coefficient (Wildman–Crippen LogP) is -3.05. The molecule has 1 fully saturated rings. The Hall–Kier alpha value is -3.75. The van der Waals surface area contributed by atoms with Crippen molar-refractivity contribution in [3.63, 3.8) is 0 Å². The van der Waals surface area contributed by atoms with Crippen LogP contribution >= 0.6 is 11.3 Å². The molecule has 35 heavy (non-hydrogen) atoms. The summed E-state index contributed by atoms with van der Waals surface area (Å²) in [5.41, 5.74) is 8.55. The number of nitrogens with one attached hydrogen (secondary N) is 1. The summed E-state index contributed by atoms with van der Waals surface area (Å²) in [6.45, 7) is 1.91. The summed E-state index contributed by atoms with van der Waals surface area (Å²) in [5.74, 6) is -3.48. The van der Waals surface area contributed by atoms with Crippen LogP contribution in [0, 0.1) is 0 Å². The highest BCUT2D eigenvalue weighted by Gasteiger charge is 2.54. The SMILES string of the molecule is CC(C)(ON=C(C(=O)N[C@@H]1C(=O)N(S(=O)(=O)O)[C@@H]1Cn1nnc(CN)n1)c1csc(N)n1)C(=O)O. The molecule has 18 nitrogen and oxygen atoms in total. The summed E-state index contributed by atoms with van der Waals surface area (Å²) in [6, 6.07) is -2.83. The van der Waals surface area contributed by atoms with Gasteiger partial charge in [-0.15, -0.1) is 21.5 Å². The summed E-state index contributed by atoms with van der Waals surface area (Å²) in [5, 5.41) is 27.6. The van der Waals surface area contributed by atoms with Crippen LogP contribution in [-0.2, 0) is 42.6 Å². The van der Waals surface area contributed by atoms with Crippen molar-refractivity contribution in [1.82, 2.24) is 34.8 Å². The van der Waals surface area contributed by atoms with E-state index in [-0.39, 0.29) is 34.0 Å². The maximum Gasteiger partial charge on any atom is 0.362 e. The number of anilines is 1. The number of carbonyl (C=O) groups excluding carboxylic acids is 2. The highest BCUT2D eigenvalue weighted by atomic mass is 32.2. The van der Waals surface area contributed by atoms with Crippen molar-refractivity contribution >= 4 is 50.3 Å². The maximum absolute atomic E-state index is 13.0. The minimum atomic E-state index is -4.99. The zero-order chi connectivity index (χ0) is 26.1. The number of aliphatic carboxylic acids is 1. The molecular weight excluding hydrogens is 512 g/mol. The first-order valence-electron chi connectivity index (χ1n) is 9.54. The monoisotopic (exact) mass is 532 g/mol. The summed E-state index contributed by atoms with van der Waals surface area (Å²) >= 11 is 0.949. The van der Waals surface area contributed by atoms with E-state index >= 15 is 0 Å². The fourth-order valence-corrected chi connectivity index (χ4v) is 4.17. The number of β-lactam (4-membered cyclic amide) rings is 1. The molecule has 1 saturated heterocycles. The third-order valence-corrected chi connectivity index (χ3v) is 6.21. The van der Waals surface area contributed by atoms with Crippen LogP contribution in [0.15, 0.2) is 10.5 Å². The molecule has 2 atom stereocenters. The van der Waals surface area contributed by atoms with Gasteiger partial charge in [-0.25, -0.2) is 14.1 Å². The molecule has 0 aromatic carbocycles. The second kappa shape index (κ2) is 9.48. The average molecular weight is 533 g/mol. The Morgan fingerprint density at radius 1 is 1.40 bits per heavy atom. The molecule has 1 aliphatic heterocycles. The quantitative estimate of drug-likeness (QED) is 0.0880. The summed E-state index contributed by atoms with van der Waals surface area (Å²) in [6.07, 6.45) is 0. The third-order valence-electron chi connectivity index (χ3n) is 4.59. The number of carboxylic acids is 1. The second-order valence-electron chi connectivity index (χ2n) is 7.51. The smallest absolute Gasteiger partial charge is 0.362 e. The summed E-state index contributed by atoms with van der Waals surface area (Å²) < 4.78 is 33.0. The van der Waals surface area contributed by atoms with E-state index in [0.717, 1.165) is 16.1 Å². The molecule has 7 N–H and O–H groups in total. The molecule has 0 spiro atoms. The fraction of sp³-hybridized carbons (Fsp3) is 0.467. The number of hydrogen-bond acceptors (Lipinski definition) is 14. The molecule has 3 rings (SSSR count). The van der Waals surface area contributed by atoms with Crippen molar-refractivity contribution in [1.29, 1.82) is 0 Å². The Bertz CT molecular complexity index is 1290. The van der Waals surface area contributed by atoms with Crippen molar-refractivity contribution in [2.24, 2.45) is 10.9 Å². The van der Waals surface area contributed by atoms with E-state index in [1.54, 1.807) is 0 Å². The van der Waals surface area contributed by atoms with Gasteiger partial charge in [-0.1, -0.05) is 5.16 Å². The lowest BCUT2D eigenvalue weighted by atomic mass is 9.98. The first kappa shape index (κ1) is 25.9. The van der Waals surface area contributed by atoms with Gasteiger partial charge in [-0.3, -0.25) is 14.1 Å². The van der Waals surface area contributed by atoms with E-state index in [0.29, 0.717) is 0 Å². The van der Waals surface area contributed by atoms with Gasteiger partial charge in [0.25, 0.3) is 11.8 Å². The van der Waals surface area contributed by atoms with Gasteiger partial charge in [-0.05, 0) is 19.1 Å². The topological polar surface area (TPSA) is 271 Å². The highest BCUT2D eigenvalue weighted by Crippen LogP contribution is 2.25. The van der Waals surface area contributed by atoms with Crippen molar-refractivity contribution in [2.45, 2.75) is 44.6 Å². The molecule has 0 radical (unpaired) electrons.